The Hall–Kier alpha value is -3.09. The average molecular weight is 472 g/mol. The van der Waals surface area contributed by atoms with Gasteiger partial charge in [-0.1, -0.05) is 25.1 Å². The van der Waals surface area contributed by atoms with Crippen LogP contribution in [0, 0.1) is 0 Å². The number of aromatic nitrogens is 2. The molecule has 0 bridgehead atoms. The van der Waals surface area contributed by atoms with Crippen molar-refractivity contribution in [3.63, 3.8) is 0 Å². The summed E-state index contributed by atoms with van der Waals surface area (Å²) in [5.74, 6) is 0.868. The summed E-state index contributed by atoms with van der Waals surface area (Å²) in [5.41, 5.74) is 13.9. The number of aromatic amines is 1. The highest BCUT2D eigenvalue weighted by Gasteiger charge is 2.20. The number of pyridine rings is 1. The van der Waals surface area contributed by atoms with Gasteiger partial charge in [0.1, 0.15) is 5.75 Å². The van der Waals surface area contributed by atoms with E-state index in [0.29, 0.717) is 6.04 Å². The van der Waals surface area contributed by atoms with Crippen LogP contribution in [0.5, 0.6) is 5.75 Å². The number of H-pyrrole nitrogens is 1. The predicted octanol–water partition coefficient (Wildman–Crippen LogP) is 4.95. The highest BCUT2D eigenvalue weighted by molar-refractivity contribution is 5.94. The fourth-order valence-electron chi connectivity index (χ4n) is 5.29. The van der Waals surface area contributed by atoms with E-state index >= 15 is 0 Å². The van der Waals surface area contributed by atoms with Crippen LogP contribution in [0.15, 0.2) is 48.7 Å². The topological polar surface area (TPSA) is 88.0 Å². The molecule has 0 saturated carbocycles. The van der Waals surface area contributed by atoms with Crippen molar-refractivity contribution in [1.29, 1.82) is 0 Å². The van der Waals surface area contributed by atoms with Gasteiger partial charge in [-0.25, -0.2) is 0 Å². The zero-order valence-corrected chi connectivity index (χ0v) is 20.9. The molecule has 5 N–H and O–H groups in total. The molecule has 0 aliphatic heterocycles. The van der Waals surface area contributed by atoms with E-state index < -0.39 is 0 Å². The molecule has 2 unspecified atom stereocenters. The molecule has 1 aliphatic rings. The molecule has 4 aromatic rings. The third-order valence-electron chi connectivity index (χ3n) is 7.26. The molecule has 6 nitrogen and oxygen atoms in total. The minimum absolute atomic E-state index is 0.0606. The van der Waals surface area contributed by atoms with Crippen molar-refractivity contribution in [1.82, 2.24) is 15.3 Å². The molecule has 0 fully saturated rings. The monoisotopic (exact) mass is 471 g/mol. The van der Waals surface area contributed by atoms with Crippen LogP contribution < -0.4 is 21.1 Å². The van der Waals surface area contributed by atoms with Crippen LogP contribution >= 0.6 is 0 Å². The maximum absolute atomic E-state index is 6.51. The van der Waals surface area contributed by atoms with E-state index in [4.69, 9.17) is 15.5 Å². The van der Waals surface area contributed by atoms with Gasteiger partial charge < -0.3 is 26.1 Å². The minimum atomic E-state index is 0.0606. The van der Waals surface area contributed by atoms with Gasteiger partial charge in [0, 0.05) is 59.0 Å². The van der Waals surface area contributed by atoms with E-state index in [1.807, 2.05) is 6.07 Å². The van der Waals surface area contributed by atoms with Gasteiger partial charge in [0.25, 0.3) is 0 Å². The molecule has 0 spiro atoms. The van der Waals surface area contributed by atoms with Crippen molar-refractivity contribution >= 4 is 27.5 Å². The number of anilines is 1. The lowest BCUT2D eigenvalue weighted by molar-refractivity contribution is 0.415. The molecule has 0 saturated heterocycles. The van der Waals surface area contributed by atoms with Gasteiger partial charge in [-0.3, -0.25) is 4.98 Å². The highest BCUT2D eigenvalue weighted by Crippen LogP contribution is 2.35. The standard InChI is InChI=1S/C29H37N5O/c1-3-21(18-31-17-20(30)14-19-16-32-26-10-6-4-8-23(19)26)33-29-24-9-5-7-11-27(24)34-28-13-12-22(35-2)15-25(28)29/h4,6,8,10,12-13,15-16,20-21,31-32H,3,5,7,9,11,14,17-18,30H2,1-2H3,(H,33,34). The number of hydrogen-bond donors (Lipinski definition) is 4. The molecular weight excluding hydrogens is 434 g/mol. The zero-order valence-electron chi connectivity index (χ0n) is 20.9. The number of para-hydroxylation sites is 1. The van der Waals surface area contributed by atoms with E-state index in [9.17, 15) is 0 Å². The SMILES string of the molecule is CCC(CNCC(N)Cc1c[nH]c2ccccc12)Nc1c2c(nc3ccc(OC)cc13)CCCC2. The van der Waals surface area contributed by atoms with Crippen molar-refractivity contribution in [3.05, 3.63) is 65.5 Å². The summed E-state index contributed by atoms with van der Waals surface area (Å²) in [4.78, 5) is 8.35. The molecule has 1 aliphatic carbocycles. The van der Waals surface area contributed by atoms with Crippen LogP contribution in [0.1, 0.15) is 43.0 Å². The summed E-state index contributed by atoms with van der Waals surface area (Å²) in [6.45, 7) is 3.88. The smallest absolute Gasteiger partial charge is 0.119 e. The Kier molecular flexibility index (Phi) is 7.21. The maximum Gasteiger partial charge on any atom is 0.119 e. The highest BCUT2D eigenvalue weighted by atomic mass is 16.5. The summed E-state index contributed by atoms with van der Waals surface area (Å²) in [5, 5.41) is 9.94. The number of nitrogens with two attached hydrogens (primary N) is 1. The largest absolute Gasteiger partial charge is 0.497 e. The molecule has 0 radical (unpaired) electrons. The first-order valence-corrected chi connectivity index (χ1v) is 12.9. The summed E-state index contributed by atoms with van der Waals surface area (Å²) in [6.07, 6.45) is 8.54. The molecule has 5 rings (SSSR count). The first-order chi connectivity index (χ1) is 17.2. The summed E-state index contributed by atoms with van der Waals surface area (Å²) < 4.78 is 5.53. The van der Waals surface area contributed by atoms with E-state index in [1.165, 1.54) is 46.3 Å². The van der Waals surface area contributed by atoms with E-state index in [1.54, 1.807) is 7.11 Å². The number of hydrogen-bond acceptors (Lipinski definition) is 5. The molecule has 184 valence electrons. The summed E-state index contributed by atoms with van der Waals surface area (Å²) >= 11 is 0. The molecule has 2 aromatic carbocycles. The molecule has 6 heteroatoms. The van der Waals surface area contributed by atoms with Gasteiger partial charge in [-0.15, -0.1) is 0 Å². The van der Waals surface area contributed by atoms with Gasteiger partial charge in [0.15, 0.2) is 0 Å². The zero-order chi connectivity index (χ0) is 24.2. The van der Waals surface area contributed by atoms with E-state index in [-0.39, 0.29) is 6.04 Å². The molecule has 0 amide bonds. The number of benzene rings is 2. The Bertz CT molecular complexity index is 1300. The average Bonchev–Trinajstić information content (AvgIpc) is 3.30. The molecule has 2 heterocycles. The second-order valence-corrected chi connectivity index (χ2v) is 9.73. The first kappa shape index (κ1) is 23.6. The number of rotatable bonds is 10. The third-order valence-corrected chi connectivity index (χ3v) is 7.26. The number of fused-ring (bicyclic) bond motifs is 3. The minimum Gasteiger partial charge on any atom is -0.497 e. The van der Waals surface area contributed by atoms with Crippen molar-refractivity contribution in [3.8, 4) is 5.75 Å². The van der Waals surface area contributed by atoms with Crippen molar-refractivity contribution in [2.45, 2.75) is 57.5 Å². The van der Waals surface area contributed by atoms with Crippen molar-refractivity contribution in [2.24, 2.45) is 5.73 Å². The molecule has 2 aromatic heterocycles. The summed E-state index contributed by atoms with van der Waals surface area (Å²) in [7, 11) is 1.72. The van der Waals surface area contributed by atoms with Gasteiger partial charge in [0.2, 0.25) is 0 Å². The van der Waals surface area contributed by atoms with Gasteiger partial charge in [-0.2, -0.15) is 0 Å². The summed E-state index contributed by atoms with van der Waals surface area (Å²) in [6, 6.07) is 15.0. The second-order valence-electron chi connectivity index (χ2n) is 9.73. The quantitative estimate of drug-likeness (QED) is 0.263. The number of methoxy groups -OCH3 is 1. The lowest BCUT2D eigenvalue weighted by Gasteiger charge is -2.26. The van der Waals surface area contributed by atoms with Crippen LogP contribution in [0.3, 0.4) is 0 Å². The Morgan fingerprint density at radius 2 is 1.94 bits per heavy atom. The van der Waals surface area contributed by atoms with Gasteiger partial charge in [0.05, 0.1) is 12.6 Å². The first-order valence-electron chi connectivity index (χ1n) is 12.9. The van der Waals surface area contributed by atoms with Gasteiger partial charge in [-0.05, 0) is 73.9 Å². The fraction of sp³-hybridized carbons (Fsp3) is 0.414. The van der Waals surface area contributed by atoms with Crippen molar-refractivity contribution in [2.75, 3.05) is 25.5 Å². The van der Waals surface area contributed by atoms with E-state index in [0.717, 1.165) is 55.4 Å². The predicted molar refractivity (Wildman–Crippen MR) is 145 cm³/mol. The molecule has 2 atom stereocenters. The van der Waals surface area contributed by atoms with Crippen LogP contribution in [-0.2, 0) is 19.3 Å². The maximum atomic E-state index is 6.51. The number of ether oxygens (including phenoxy) is 1. The van der Waals surface area contributed by atoms with Crippen LogP contribution in [0.25, 0.3) is 21.8 Å². The Labute approximate surface area is 207 Å². The Balaban J connectivity index is 1.27. The van der Waals surface area contributed by atoms with Crippen LogP contribution in [0.2, 0.25) is 0 Å². The van der Waals surface area contributed by atoms with Gasteiger partial charge >= 0.3 is 0 Å². The van der Waals surface area contributed by atoms with E-state index in [2.05, 4.69) is 65.1 Å². The lowest BCUT2D eigenvalue weighted by Crippen LogP contribution is -2.40. The second kappa shape index (κ2) is 10.7. The Morgan fingerprint density at radius 3 is 2.80 bits per heavy atom. The fourth-order valence-corrected chi connectivity index (χ4v) is 5.29. The van der Waals surface area contributed by atoms with Crippen LogP contribution in [0.4, 0.5) is 5.69 Å². The van der Waals surface area contributed by atoms with Crippen LogP contribution in [-0.4, -0.2) is 42.3 Å². The Morgan fingerprint density at radius 1 is 1.09 bits per heavy atom. The lowest BCUT2D eigenvalue weighted by atomic mass is 9.92. The van der Waals surface area contributed by atoms with Crippen molar-refractivity contribution < 1.29 is 4.74 Å². The number of aryl methyl sites for hydroxylation is 1. The molecule has 35 heavy (non-hydrogen) atoms. The number of nitrogens with one attached hydrogen (secondary N) is 3. The third kappa shape index (κ3) is 5.14. The number of nitrogens with zero attached hydrogens (tertiary/aromatic N) is 1. The normalized spacial score (nSPS) is 15.2. The molecular formula is C29H37N5O.